The molecule has 0 saturated carbocycles. The average molecular weight is 416 g/mol. The van der Waals surface area contributed by atoms with E-state index >= 15 is 0 Å². The molecule has 0 spiro atoms. The maximum absolute atomic E-state index is 13.2. The van der Waals surface area contributed by atoms with Crippen molar-refractivity contribution in [1.82, 2.24) is 9.62 Å². The SMILES string of the molecule is CCN(CC)S(=O)(=O)c1ccc(C(=O)N2c3ccccc3C[C@@H]2C(=O)NC)cc1. The van der Waals surface area contributed by atoms with E-state index in [1.54, 1.807) is 20.9 Å². The lowest BCUT2D eigenvalue weighted by Gasteiger charge is -2.24. The monoisotopic (exact) mass is 415 g/mol. The van der Waals surface area contributed by atoms with Crippen molar-refractivity contribution in [2.45, 2.75) is 31.2 Å². The Hall–Kier alpha value is -2.71. The molecule has 29 heavy (non-hydrogen) atoms. The van der Waals surface area contributed by atoms with Gasteiger partial charge in [-0.05, 0) is 35.9 Å². The van der Waals surface area contributed by atoms with Crippen LogP contribution in [0.1, 0.15) is 29.8 Å². The van der Waals surface area contributed by atoms with Gasteiger partial charge in [0.1, 0.15) is 6.04 Å². The molecular weight excluding hydrogens is 390 g/mol. The van der Waals surface area contributed by atoms with E-state index in [0.29, 0.717) is 30.8 Å². The third-order valence-electron chi connectivity index (χ3n) is 5.19. The molecule has 2 aromatic rings. The molecule has 1 aliphatic heterocycles. The molecule has 2 amide bonds. The molecule has 0 aromatic heterocycles. The lowest BCUT2D eigenvalue weighted by Crippen LogP contribution is -2.47. The van der Waals surface area contributed by atoms with Crippen LogP contribution in [0.5, 0.6) is 0 Å². The highest BCUT2D eigenvalue weighted by atomic mass is 32.2. The van der Waals surface area contributed by atoms with E-state index in [2.05, 4.69) is 5.32 Å². The minimum absolute atomic E-state index is 0.141. The topological polar surface area (TPSA) is 86.8 Å². The lowest BCUT2D eigenvalue weighted by atomic mass is 10.1. The van der Waals surface area contributed by atoms with Crippen molar-refractivity contribution in [3.05, 3.63) is 59.7 Å². The van der Waals surface area contributed by atoms with E-state index in [-0.39, 0.29) is 16.7 Å². The Labute approximate surface area is 171 Å². The minimum Gasteiger partial charge on any atom is -0.357 e. The molecular formula is C21H25N3O4S. The molecule has 1 heterocycles. The van der Waals surface area contributed by atoms with E-state index < -0.39 is 16.1 Å². The zero-order valence-corrected chi connectivity index (χ0v) is 17.6. The van der Waals surface area contributed by atoms with E-state index in [9.17, 15) is 18.0 Å². The molecule has 8 heteroatoms. The molecule has 2 aromatic carbocycles. The summed E-state index contributed by atoms with van der Waals surface area (Å²) >= 11 is 0. The number of nitrogens with one attached hydrogen (secondary N) is 1. The molecule has 154 valence electrons. The van der Waals surface area contributed by atoms with Crippen molar-refractivity contribution in [2.75, 3.05) is 25.0 Å². The Kier molecular flexibility index (Phi) is 6.04. The van der Waals surface area contributed by atoms with Crippen molar-refractivity contribution in [2.24, 2.45) is 0 Å². The minimum atomic E-state index is -3.60. The second kappa shape index (κ2) is 8.34. The summed E-state index contributed by atoms with van der Waals surface area (Å²) in [5.74, 6) is -0.578. The number of amides is 2. The van der Waals surface area contributed by atoms with Crippen molar-refractivity contribution < 1.29 is 18.0 Å². The van der Waals surface area contributed by atoms with Crippen molar-refractivity contribution in [3.63, 3.8) is 0 Å². The van der Waals surface area contributed by atoms with Gasteiger partial charge in [-0.2, -0.15) is 4.31 Å². The third-order valence-corrected chi connectivity index (χ3v) is 7.25. The van der Waals surface area contributed by atoms with Crippen LogP contribution in [0.15, 0.2) is 53.4 Å². The van der Waals surface area contributed by atoms with Crippen LogP contribution < -0.4 is 10.2 Å². The van der Waals surface area contributed by atoms with Crippen molar-refractivity contribution in [1.29, 1.82) is 0 Å². The quantitative estimate of drug-likeness (QED) is 0.782. The van der Waals surface area contributed by atoms with Gasteiger partial charge in [0.15, 0.2) is 0 Å². The number of fused-ring (bicyclic) bond motifs is 1. The largest absolute Gasteiger partial charge is 0.357 e. The van der Waals surface area contributed by atoms with Gasteiger partial charge in [0.25, 0.3) is 5.91 Å². The summed E-state index contributed by atoms with van der Waals surface area (Å²) < 4.78 is 26.7. The molecule has 0 fully saturated rings. The summed E-state index contributed by atoms with van der Waals surface area (Å²) in [6.07, 6.45) is 0.440. The number of hydrogen-bond donors (Lipinski definition) is 1. The fourth-order valence-electron chi connectivity index (χ4n) is 3.63. The number of anilines is 1. The summed E-state index contributed by atoms with van der Waals surface area (Å²) in [5, 5.41) is 2.61. The number of rotatable bonds is 6. The highest BCUT2D eigenvalue weighted by Gasteiger charge is 2.38. The number of carbonyl (C=O) groups is 2. The smallest absolute Gasteiger partial charge is 0.259 e. The predicted octanol–water partition coefficient (Wildman–Crippen LogP) is 2.03. The first-order valence-electron chi connectivity index (χ1n) is 9.58. The molecule has 1 atom stereocenters. The van der Waals surface area contributed by atoms with Crippen LogP contribution in [0.3, 0.4) is 0 Å². The lowest BCUT2D eigenvalue weighted by molar-refractivity contribution is -0.121. The normalized spacial score (nSPS) is 16.0. The summed E-state index contributed by atoms with van der Waals surface area (Å²) in [6.45, 7) is 4.31. The molecule has 0 unspecified atom stereocenters. The van der Waals surface area contributed by atoms with Gasteiger partial charge >= 0.3 is 0 Å². The Morgan fingerprint density at radius 3 is 2.28 bits per heavy atom. The van der Waals surface area contributed by atoms with E-state index in [1.807, 2.05) is 24.3 Å². The van der Waals surface area contributed by atoms with Crippen LogP contribution in [0, 0.1) is 0 Å². The molecule has 1 N–H and O–H groups in total. The Bertz CT molecular complexity index is 1010. The van der Waals surface area contributed by atoms with E-state index in [1.165, 1.54) is 33.5 Å². The van der Waals surface area contributed by atoms with Crippen molar-refractivity contribution >= 4 is 27.5 Å². The van der Waals surface area contributed by atoms with Crippen LogP contribution in [0.4, 0.5) is 5.69 Å². The first-order chi connectivity index (χ1) is 13.8. The first kappa shape index (κ1) is 21.0. The van der Waals surface area contributed by atoms with Gasteiger partial charge in [0, 0.05) is 37.8 Å². The molecule has 3 rings (SSSR count). The standard InChI is InChI=1S/C21H25N3O4S/c1-4-23(5-2)29(27,28)17-12-10-15(11-13-17)21(26)24-18-9-7-6-8-16(18)14-19(24)20(25)22-3/h6-13,19H,4-5,14H2,1-3H3,(H,22,25)/t19-/m1/s1. The third kappa shape index (κ3) is 3.77. The Morgan fingerprint density at radius 1 is 1.07 bits per heavy atom. The number of likely N-dealkylation sites (N-methyl/N-ethyl adjacent to an activating group) is 1. The van der Waals surface area contributed by atoms with Gasteiger partial charge in [0.2, 0.25) is 15.9 Å². The van der Waals surface area contributed by atoms with Gasteiger partial charge in [-0.25, -0.2) is 8.42 Å². The highest BCUT2D eigenvalue weighted by Crippen LogP contribution is 2.33. The number of nitrogens with zero attached hydrogens (tertiary/aromatic N) is 2. The van der Waals surface area contributed by atoms with Crippen molar-refractivity contribution in [3.8, 4) is 0 Å². The van der Waals surface area contributed by atoms with Gasteiger partial charge in [-0.1, -0.05) is 32.0 Å². The van der Waals surface area contributed by atoms with Crippen LogP contribution in [0.25, 0.3) is 0 Å². The number of hydrogen-bond acceptors (Lipinski definition) is 4. The van der Waals surface area contributed by atoms with E-state index in [0.717, 1.165) is 5.56 Å². The van der Waals surface area contributed by atoms with E-state index in [4.69, 9.17) is 0 Å². The summed E-state index contributed by atoms with van der Waals surface area (Å²) in [4.78, 5) is 27.2. The fraction of sp³-hybridized carbons (Fsp3) is 0.333. The first-order valence-corrected chi connectivity index (χ1v) is 11.0. The maximum atomic E-state index is 13.2. The highest BCUT2D eigenvalue weighted by molar-refractivity contribution is 7.89. The van der Waals surface area contributed by atoms with Crippen LogP contribution >= 0.6 is 0 Å². The van der Waals surface area contributed by atoms with Crippen LogP contribution in [-0.2, 0) is 21.2 Å². The number of carbonyl (C=O) groups excluding carboxylic acids is 2. The van der Waals surface area contributed by atoms with Gasteiger partial charge in [-0.3, -0.25) is 14.5 Å². The molecule has 0 bridgehead atoms. The van der Waals surface area contributed by atoms with Gasteiger partial charge in [-0.15, -0.1) is 0 Å². The molecule has 7 nitrogen and oxygen atoms in total. The summed E-state index contributed by atoms with van der Waals surface area (Å²) in [6, 6.07) is 12.7. The molecule has 0 aliphatic carbocycles. The second-order valence-corrected chi connectivity index (χ2v) is 8.69. The fourth-order valence-corrected chi connectivity index (χ4v) is 5.09. The molecule has 0 radical (unpaired) electrons. The predicted molar refractivity (Wildman–Crippen MR) is 111 cm³/mol. The number of sulfonamides is 1. The Balaban J connectivity index is 1.94. The van der Waals surface area contributed by atoms with Crippen LogP contribution in [-0.4, -0.2) is 50.7 Å². The number of para-hydroxylation sites is 1. The molecule has 0 saturated heterocycles. The summed E-state index contributed by atoms with van der Waals surface area (Å²) in [5.41, 5.74) is 1.95. The maximum Gasteiger partial charge on any atom is 0.259 e. The summed E-state index contributed by atoms with van der Waals surface area (Å²) in [7, 11) is -2.05. The zero-order chi connectivity index (χ0) is 21.2. The van der Waals surface area contributed by atoms with Gasteiger partial charge < -0.3 is 5.32 Å². The zero-order valence-electron chi connectivity index (χ0n) is 16.8. The number of benzene rings is 2. The second-order valence-electron chi connectivity index (χ2n) is 6.75. The Morgan fingerprint density at radius 2 is 1.69 bits per heavy atom. The van der Waals surface area contributed by atoms with Gasteiger partial charge in [0.05, 0.1) is 4.90 Å². The molecule has 1 aliphatic rings. The van der Waals surface area contributed by atoms with Crippen LogP contribution in [0.2, 0.25) is 0 Å². The average Bonchev–Trinajstić information content (AvgIpc) is 3.13.